The van der Waals surface area contributed by atoms with Crippen LogP contribution in [0.5, 0.6) is 0 Å². The minimum Gasteiger partial charge on any atom is -0.394 e. The van der Waals surface area contributed by atoms with Crippen molar-refractivity contribution < 1.29 is 9.90 Å². The number of nitriles is 1. The summed E-state index contributed by atoms with van der Waals surface area (Å²) in [6, 6.07) is 7.07. The Hall–Kier alpha value is -1.86. The number of rotatable bonds is 2. The van der Waals surface area contributed by atoms with Crippen molar-refractivity contribution >= 4 is 5.91 Å². The van der Waals surface area contributed by atoms with Crippen LogP contribution in [0.1, 0.15) is 34.3 Å². The first kappa shape index (κ1) is 12.6. The predicted octanol–water partition coefficient (Wildman–Crippen LogP) is 1.46. The molecule has 18 heavy (non-hydrogen) atoms. The molecule has 1 aliphatic heterocycles. The number of amides is 1. The Morgan fingerprint density at radius 2 is 2.39 bits per heavy atom. The molecule has 1 N–H and O–H groups in total. The lowest BCUT2D eigenvalue weighted by Gasteiger charge is -2.23. The van der Waals surface area contributed by atoms with Crippen LogP contribution in [0.25, 0.3) is 0 Å². The van der Waals surface area contributed by atoms with Crippen molar-refractivity contribution in [3.63, 3.8) is 0 Å². The van der Waals surface area contributed by atoms with Crippen LogP contribution in [0.15, 0.2) is 18.2 Å². The molecule has 0 spiro atoms. The fourth-order valence-electron chi connectivity index (χ4n) is 2.42. The summed E-state index contributed by atoms with van der Waals surface area (Å²) in [5, 5.41) is 18.1. The van der Waals surface area contributed by atoms with Crippen LogP contribution < -0.4 is 0 Å². The maximum atomic E-state index is 12.4. The van der Waals surface area contributed by atoms with E-state index in [1.165, 1.54) is 0 Å². The molecule has 0 radical (unpaired) electrons. The van der Waals surface area contributed by atoms with Gasteiger partial charge >= 0.3 is 0 Å². The minimum absolute atomic E-state index is 0.0149. The molecule has 1 aromatic carbocycles. The van der Waals surface area contributed by atoms with Crippen molar-refractivity contribution in [3.05, 3.63) is 34.9 Å². The maximum absolute atomic E-state index is 12.4. The highest BCUT2D eigenvalue weighted by Crippen LogP contribution is 2.21. The highest BCUT2D eigenvalue weighted by Gasteiger charge is 2.29. The summed E-state index contributed by atoms with van der Waals surface area (Å²) >= 11 is 0. The minimum atomic E-state index is -0.0625. The van der Waals surface area contributed by atoms with Crippen molar-refractivity contribution in [2.24, 2.45) is 0 Å². The number of carbonyl (C=O) groups excluding carboxylic acids is 1. The average molecular weight is 244 g/mol. The van der Waals surface area contributed by atoms with Gasteiger partial charge in [-0.05, 0) is 43.5 Å². The Bertz CT molecular complexity index is 505. The lowest BCUT2D eigenvalue weighted by atomic mass is 10.0. The van der Waals surface area contributed by atoms with Gasteiger partial charge < -0.3 is 10.0 Å². The number of likely N-dealkylation sites (tertiary alicyclic amines) is 1. The second kappa shape index (κ2) is 5.19. The maximum Gasteiger partial charge on any atom is 0.254 e. The van der Waals surface area contributed by atoms with Crippen LogP contribution in [0, 0.1) is 18.3 Å². The molecule has 4 heteroatoms. The van der Waals surface area contributed by atoms with Crippen molar-refractivity contribution in [1.82, 2.24) is 4.90 Å². The zero-order chi connectivity index (χ0) is 13.1. The quantitative estimate of drug-likeness (QED) is 0.856. The molecule has 2 rings (SSSR count). The van der Waals surface area contributed by atoms with Gasteiger partial charge in [-0.25, -0.2) is 0 Å². The van der Waals surface area contributed by atoms with Gasteiger partial charge in [0, 0.05) is 12.1 Å². The van der Waals surface area contributed by atoms with Gasteiger partial charge in [-0.15, -0.1) is 0 Å². The Kier molecular flexibility index (Phi) is 3.63. The lowest BCUT2D eigenvalue weighted by molar-refractivity contribution is 0.0677. The molecule has 4 nitrogen and oxygen atoms in total. The van der Waals surface area contributed by atoms with Crippen LogP contribution in [0.2, 0.25) is 0 Å². The molecule has 1 aromatic rings. The second-order valence-corrected chi connectivity index (χ2v) is 4.62. The molecular formula is C14H16N2O2. The van der Waals surface area contributed by atoms with Crippen LogP contribution in [-0.2, 0) is 0 Å². The lowest BCUT2D eigenvalue weighted by Crippen LogP contribution is -2.37. The number of aliphatic hydroxyl groups excluding tert-OH is 1. The van der Waals surface area contributed by atoms with Gasteiger partial charge in [-0.3, -0.25) is 4.79 Å². The van der Waals surface area contributed by atoms with Gasteiger partial charge in [0.15, 0.2) is 0 Å². The molecule has 0 bridgehead atoms. The van der Waals surface area contributed by atoms with E-state index in [0.29, 0.717) is 17.7 Å². The number of nitrogens with zero attached hydrogens (tertiary/aromatic N) is 2. The number of hydrogen-bond acceptors (Lipinski definition) is 3. The zero-order valence-electron chi connectivity index (χ0n) is 10.4. The third-order valence-corrected chi connectivity index (χ3v) is 3.43. The van der Waals surface area contributed by atoms with Gasteiger partial charge in [0.1, 0.15) is 0 Å². The van der Waals surface area contributed by atoms with Crippen molar-refractivity contribution in [2.75, 3.05) is 13.2 Å². The van der Waals surface area contributed by atoms with Crippen LogP contribution in [0.3, 0.4) is 0 Å². The Balaban J connectivity index is 2.26. The number of aliphatic hydroxyl groups is 1. The van der Waals surface area contributed by atoms with E-state index in [2.05, 4.69) is 6.07 Å². The summed E-state index contributed by atoms with van der Waals surface area (Å²) in [5.74, 6) is -0.0476. The molecule has 1 fully saturated rings. The van der Waals surface area contributed by atoms with Crippen molar-refractivity contribution in [3.8, 4) is 6.07 Å². The van der Waals surface area contributed by atoms with Crippen LogP contribution >= 0.6 is 0 Å². The standard InChI is InChI=1S/C14H16N2O2/c1-10-7-11(8-15)4-5-13(10)14(18)16-6-2-3-12(16)9-17/h4-5,7,12,17H,2-3,6,9H2,1H3/t12-/m0/s1. The van der Waals surface area contributed by atoms with E-state index >= 15 is 0 Å². The Morgan fingerprint density at radius 1 is 1.61 bits per heavy atom. The summed E-state index contributed by atoms with van der Waals surface area (Å²) in [5.41, 5.74) is 1.99. The van der Waals surface area contributed by atoms with Crippen molar-refractivity contribution in [2.45, 2.75) is 25.8 Å². The molecule has 0 aliphatic carbocycles. The van der Waals surface area contributed by atoms with E-state index in [1.807, 2.05) is 6.92 Å². The van der Waals surface area contributed by atoms with Gasteiger partial charge in [0.05, 0.1) is 24.3 Å². The summed E-state index contributed by atoms with van der Waals surface area (Å²) < 4.78 is 0. The molecule has 1 atom stereocenters. The smallest absolute Gasteiger partial charge is 0.254 e. The van der Waals surface area contributed by atoms with Gasteiger partial charge in [-0.1, -0.05) is 0 Å². The fourth-order valence-corrected chi connectivity index (χ4v) is 2.42. The van der Waals surface area contributed by atoms with Gasteiger partial charge in [0.25, 0.3) is 5.91 Å². The topological polar surface area (TPSA) is 64.3 Å². The molecule has 1 heterocycles. The molecular weight excluding hydrogens is 228 g/mol. The summed E-state index contributed by atoms with van der Waals surface area (Å²) in [6.45, 7) is 2.54. The van der Waals surface area contributed by atoms with Crippen LogP contribution in [0.4, 0.5) is 0 Å². The van der Waals surface area contributed by atoms with Crippen LogP contribution in [-0.4, -0.2) is 35.1 Å². The Labute approximate surface area is 106 Å². The van der Waals surface area contributed by atoms with E-state index in [-0.39, 0.29) is 18.6 Å². The number of hydrogen-bond donors (Lipinski definition) is 1. The first-order valence-electron chi connectivity index (χ1n) is 6.10. The number of aryl methyl sites for hydroxylation is 1. The average Bonchev–Trinajstić information content (AvgIpc) is 2.86. The first-order chi connectivity index (χ1) is 8.67. The molecule has 1 saturated heterocycles. The van der Waals surface area contributed by atoms with E-state index in [1.54, 1.807) is 23.1 Å². The third-order valence-electron chi connectivity index (χ3n) is 3.43. The molecule has 94 valence electrons. The van der Waals surface area contributed by atoms with E-state index in [4.69, 9.17) is 5.26 Å². The summed E-state index contributed by atoms with van der Waals surface area (Å²) in [7, 11) is 0. The predicted molar refractivity (Wildman–Crippen MR) is 67.0 cm³/mol. The highest BCUT2D eigenvalue weighted by molar-refractivity contribution is 5.96. The second-order valence-electron chi connectivity index (χ2n) is 4.62. The first-order valence-corrected chi connectivity index (χ1v) is 6.10. The number of carbonyl (C=O) groups is 1. The fraction of sp³-hybridized carbons (Fsp3) is 0.429. The Morgan fingerprint density at radius 3 is 3.00 bits per heavy atom. The van der Waals surface area contributed by atoms with Gasteiger partial charge in [-0.2, -0.15) is 5.26 Å². The normalized spacial score (nSPS) is 18.7. The van der Waals surface area contributed by atoms with E-state index < -0.39 is 0 Å². The van der Waals surface area contributed by atoms with Crippen molar-refractivity contribution in [1.29, 1.82) is 5.26 Å². The number of benzene rings is 1. The SMILES string of the molecule is Cc1cc(C#N)ccc1C(=O)N1CCC[C@H]1CO. The zero-order valence-corrected chi connectivity index (χ0v) is 10.4. The monoisotopic (exact) mass is 244 g/mol. The molecule has 1 amide bonds. The largest absolute Gasteiger partial charge is 0.394 e. The third kappa shape index (κ3) is 2.22. The summed E-state index contributed by atoms with van der Waals surface area (Å²) in [4.78, 5) is 14.1. The van der Waals surface area contributed by atoms with Gasteiger partial charge in [0.2, 0.25) is 0 Å². The van der Waals surface area contributed by atoms with E-state index in [0.717, 1.165) is 18.4 Å². The summed E-state index contributed by atoms with van der Waals surface area (Å²) in [6.07, 6.45) is 1.80. The molecule has 0 aromatic heterocycles. The molecule has 0 unspecified atom stereocenters. The molecule has 0 saturated carbocycles. The highest BCUT2D eigenvalue weighted by atomic mass is 16.3. The molecule has 1 aliphatic rings. The van der Waals surface area contributed by atoms with E-state index in [9.17, 15) is 9.90 Å².